The highest BCUT2D eigenvalue weighted by Crippen LogP contribution is 2.25. The summed E-state index contributed by atoms with van der Waals surface area (Å²) in [5, 5.41) is 13.0. The fourth-order valence-electron chi connectivity index (χ4n) is 1.47. The second-order valence-corrected chi connectivity index (χ2v) is 4.47. The van der Waals surface area contributed by atoms with Gasteiger partial charge < -0.3 is 10.8 Å². The van der Waals surface area contributed by atoms with Crippen LogP contribution in [0.5, 0.6) is 0 Å². The van der Waals surface area contributed by atoms with Crippen LogP contribution in [0, 0.1) is 0 Å². The Morgan fingerprint density at radius 2 is 2.14 bits per heavy atom. The highest BCUT2D eigenvalue weighted by molar-refractivity contribution is 7.17. The quantitative estimate of drug-likeness (QED) is 0.793. The van der Waals surface area contributed by atoms with Crippen molar-refractivity contribution in [1.29, 1.82) is 0 Å². The summed E-state index contributed by atoms with van der Waals surface area (Å²) >= 11 is 1.70. The minimum Gasteiger partial charge on any atom is -0.387 e. The van der Waals surface area contributed by atoms with Crippen LogP contribution in [-0.4, -0.2) is 11.1 Å². The van der Waals surface area contributed by atoms with E-state index in [1.165, 1.54) is 10.1 Å². The van der Waals surface area contributed by atoms with Crippen molar-refractivity contribution in [3.05, 3.63) is 35.2 Å². The van der Waals surface area contributed by atoms with E-state index in [1.54, 1.807) is 11.3 Å². The third-order valence-electron chi connectivity index (χ3n) is 2.32. The maximum absolute atomic E-state index is 9.77. The Bertz CT molecular complexity index is 436. The van der Waals surface area contributed by atoms with Gasteiger partial charge in [-0.15, -0.1) is 11.3 Å². The number of rotatable bonds is 2. The Hall–Kier alpha value is -0.900. The normalized spacial score (nSPS) is 15.6. The van der Waals surface area contributed by atoms with Gasteiger partial charge in [-0.3, -0.25) is 0 Å². The van der Waals surface area contributed by atoms with Crippen LogP contribution in [0.1, 0.15) is 18.6 Å². The van der Waals surface area contributed by atoms with Crippen molar-refractivity contribution in [2.45, 2.75) is 19.1 Å². The molecule has 2 aromatic rings. The van der Waals surface area contributed by atoms with Crippen LogP contribution < -0.4 is 5.73 Å². The zero-order valence-corrected chi connectivity index (χ0v) is 8.79. The predicted molar refractivity (Wildman–Crippen MR) is 60.4 cm³/mol. The standard InChI is InChI=1S/C11H13NOS/c1-7(12)11(13)9-2-3-10-8(6-9)4-5-14-10/h2-7,11,13H,12H2,1H3/t7-,11?/m1/s1. The molecule has 0 spiro atoms. The molecule has 0 fully saturated rings. The van der Waals surface area contributed by atoms with Gasteiger partial charge in [0.1, 0.15) is 0 Å². The smallest absolute Gasteiger partial charge is 0.0938 e. The van der Waals surface area contributed by atoms with Gasteiger partial charge >= 0.3 is 0 Å². The lowest BCUT2D eigenvalue weighted by Gasteiger charge is -2.14. The molecule has 1 aromatic heterocycles. The zero-order chi connectivity index (χ0) is 10.1. The summed E-state index contributed by atoms with van der Waals surface area (Å²) in [6.07, 6.45) is -0.570. The Morgan fingerprint density at radius 3 is 2.86 bits per heavy atom. The summed E-state index contributed by atoms with van der Waals surface area (Å²) < 4.78 is 1.24. The number of nitrogens with two attached hydrogens (primary N) is 1. The second kappa shape index (κ2) is 3.69. The predicted octanol–water partition coefficient (Wildman–Crippen LogP) is 2.28. The molecule has 1 heterocycles. The average Bonchev–Trinajstić information content (AvgIpc) is 2.62. The molecule has 0 aliphatic rings. The Balaban J connectivity index is 2.43. The van der Waals surface area contributed by atoms with Crippen molar-refractivity contribution in [2.75, 3.05) is 0 Å². The summed E-state index contributed by atoms with van der Waals surface area (Å²) in [6, 6.07) is 7.79. The first kappa shape index (κ1) is 9.65. The highest BCUT2D eigenvalue weighted by atomic mass is 32.1. The van der Waals surface area contributed by atoms with E-state index in [0.29, 0.717) is 0 Å². The summed E-state index contributed by atoms with van der Waals surface area (Å²) in [6.45, 7) is 1.81. The van der Waals surface area contributed by atoms with E-state index in [-0.39, 0.29) is 6.04 Å². The Morgan fingerprint density at radius 1 is 1.36 bits per heavy atom. The lowest BCUT2D eigenvalue weighted by Crippen LogP contribution is -2.24. The van der Waals surface area contributed by atoms with Crippen LogP contribution in [0.25, 0.3) is 10.1 Å². The topological polar surface area (TPSA) is 46.2 Å². The first-order valence-corrected chi connectivity index (χ1v) is 5.47. The second-order valence-electron chi connectivity index (χ2n) is 3.52. The number of hydrogen-bond acceptors (Lipinski definition) is 3. The van der Waals surface area contributed by atoms with E-state index in [4.69, 9.17) is 5.73 Å². The van der Waals surface area contributed by atoms with E-state index < -0.39 is 6.10 Å². The molecule has 0 amide bonds. The van der Waals surface area contributed by atoms with Gasteiger partial charge in [-0.05, 0) is 41.5 Å². The third-order valence-corrected chi connectivity index (χ3v) is 3.21. The molecule has 14 heavy (non-hydrogen) atoms. The number of aliphatic hydroxyl groups is 1. The van der Waals surface area contributed by atoms with Gasteiger partial charge in [-0.2, -0.15) is 0 Å². The first-order chi connectivity index (χ1) is 6.68. The summed E-state index contributed by atoms with van der Waals surface area (Å²) in [5.41, 5.74) is 6.53. The number of hydrogen-bond donors (Lipinski definition) is 2. The number of benzene rings is 1. The molecule has 3 heteroatoms. The van der Waals surface area contributed by atoms with Crippen molar-refractivity contribution in [3.63, 3.8) is 0 Å². The van der Waals surface area contributed by atoms with Crippen LogP contribution in [0.4, 0.5) is 0 Å². The van der Waals surface area contributed by atoms with Crippen molar-refractivity contribution in [1.82, 2.24) is 0 Å². The third kappa shape index (κ3) is 1.66. The van der Waals surface area contributed by atoms with E-state index in [9.17, 15) is 5.11 Å². The molecule has 1 aromatic carbocycles. The molecule has 0 bridgehead atoms. The van der Waals surface area contributed by atoms with Crippen molar-refractivity contribution in [2.24, 2.45) is 5.73 Å². The monoisotopic (exact) mass is 207 g/mol. The minimum atomic E-state index is -0.570. The molecule has 0 aliphatic carbocycles. The van der Waals surface area contributed by atoms with Crippen LogP contribution in [-0.2, 0) is 0 Å². The van der Waals surface area contributed by atoms with Crippen LogP contribution in [0.3, 0.4) is 0 Å². The van der Waals surface area contributed by atoms with Crippen LogP contribution in [0.2, 0.25) is 0 Å². The largest absolute Gasteiger partial charge is 0.387 e. The van der Waals surface area contributed by atoms with Gasteiger partial charge in [-0.1, -0.05) is 6.07 Å². The molecule has 74 valence electrons. The average molecular weight is 207 g/mol. The minimum absolute atomic E-state index is 0.230. The lowest BCUT2D eigenvalue weighted by atomic mass is 10.0. The van der Waals surface area contributed by atoms with Gasteiger partial charge in [0.2, 0.25) is 0 Å². The molecular formula is C11H13NOS. The van der Waals surface area contributed by atoms with E-state index >= 15 is 0 Å². The zero-order valence-electron chi connectivity index (χ0n) is 7.97. The molecule has 0 aliphatic heterocycles. The van der Waals surface area contributed by atoms with Gasteiger partial charge in [0.25, 0.3) is 0 Å². The van der Waals surface area contributed by atoms with E-state index in [0.717, 1.165) is 5.56 Å². The SMILES string of the molecule is C[C@@H](N)C(O)c1ccc2sccc2c1. The Labute approximate surface area is 87.0 Å². The molecule has 2 rings (SSSR count). The highest BCUT2D eigenvalue weighted by Gasteiger charge is 2.12. The van der Waals surface area contributed by atoms with Gasteiger partial charge in [-0.25, -0.2) is 0 Å². The molecule has 1 unspecified atom stereocenters. The molecular weight excluding hydrogens is 194 g/mol. The fourth-order valence-corrected chi connectivity index (χ4v) is 2.24. The molecule has 0 saturated carbocycles. The molecule has 2 nitrogen and oxygen atoms in total. The summed E-state index contributed by atoms with van der Waals surface area (Å²) in [7, 11) is 0. The summed E-state index contributed by atoms with van der Waals surface area (Å²) in [5.74, 6) is 0. The number of aliphatic hydroxyl groups excluding tert-OH is 1. The van der Waals surface area contributed by atoms with Crippen LogP contribution >= 0.6 is 11.3 Å². The molecule has 2 atom stereocenters. The molecule has 0 radical (unpaired) electrons. The maximum Gasteiger partial charge on any atom is 0.0938 e. The molecule has 0 saturated heterocycles. The first-order valence-electron chi connectivity index (χ1n) is 4.59. The Kier molecular flexibility index (Phi) is 2.54. The van der Waals surface area contributed by atoms with Gasteiger partial charge in [0.05, 0.1) is 6.10 Å². The van der Waals surface area contributed by atoms with E-state index in [1.807, 2.05) is 30.5 Å². The van der Waals surface area contributed by atoms with Gasteiger partial charge in [0.15, 0.2) is 0 Å². The van der Waals surface area contributed by atoms with E-state index in [2.05, 4.69) is 6.07 Å². The summed E-state index contributed by atoms with van der Waals surface area (Å²) in [4.78, 5) is 0. The van der Waals surface area contributed by atoms with Crippen molar-refractivity contribution >= 4 is 21.4 Å². The lowest BCUT2D eigenvalue weighted by molar-refractivity contribution is 0.153. The number of fused-ring (bicyclic) bond motifs is 1. The fraction of sp³-hybridized carbons (Fsp3) is 0.273. The van der Waals surface area contributed by atoms with Gasteiger partial charge in [0, 0.05) is 10.7 Å². The molecule has 3 N–H and O–H groups in total. The van der Waals surface area contributed by atoms with Crippen molar-refractivity contribution < 1.29 is 5.11 Å². The van der Waals surface area contributed by atoms with Crippen LogP contribution in [0.15, 0.2) is 29.6 Å². The van der Waals surface area contributed by atoms with Crippen molar-refractivity contribution in [3.8, 4) is 0 Å². The number of thiophene rings is 1. The maximum atomic E-state index is 9.77.